The van der Waals surface area contributed by atoms with E-state index in [1.807, 2.05) is 32.0 Å². The maximum atomic E-state index is 12.9. The number of aryl methyl sites for hydroxylation is 1. The molecular formula is C38H47N6O18P3S. The quantitative estimate of drug-likeness (QED) is 0.0174. The lowest BCUT2D eigenvalue weighted by molar-refractivity contribution is -0.700. The van der Waals surface area contributed by atoms with Crippen LogP contribution in [-0.4, -0.2) is 80.3 Å². The van der Waals surface area contributed by atoms with Crippen LogP contribution in [0, 0.1) is 11.8 Å². The summed E-state index contributed by atoms with van der Waals surface area (Å²) in [4.78, 5) is 79.8. The molecule has 1 aliphatic rings. The molecule has 5 rings (SSSR count). The first-order chi connectivity index (χ1) is 31.0. The minimum atomic E-state index is -5.71. The number of carbonyl (C=O) groups is 1. The number of fused-ring (bicyclic) bond motifs is 1. The number of amides is 1. The molecule has 1 saturated heterocycles. The van der Waals surface area contributed by atoms with Crippen molar-refractivity contribution < 1.29 is 77.9 Å². The Kier molecular flexibility index (Phi) is 17.6. The third kappa shape index (κ3) is 15.3. The first-order valence-electron chi connectivity index (χ1n) is 20.0. The maximum absolute atomic E-state index is 12.9. The number of nitrogen functional groups attached to an aromatic ring is 1. The summed E-state index contributed by atoms with van der Waals surface area (Å²) in [7, 11) is -21.4. The molecule has 1 fully saturated rings. The molecule has 1 aliphatic heterocycles. The van der Waals surface area contributed by atoms with E-state index in [-0.39, 0.29) is 55.2 Å². The number of nitrogens with zero attached hydrogens (tertiary/aromatic N) is 4. The monoisotopic (exact) mass is 1000 g/mol. The molecule has 4 aromatic rings. The van der Waals surface area contributed by atoms with Crippen LogP contribution in [0.1, 0.15) is 75.4 Å². The molecule has 66 heavy (non-hydrogen) atoms. The molecule has 24 nitrogen and oxygen atoms in total. The summed E-state index contributed by atoms with van der Waals surface area (Å²) in [6.07, 6.45) is 5.64. The zero-order valence-corrected chi connectivity index (χ0v) is 38.8. The van der Waals surface area contributed by atoms with Crippen molar-refractivity contribution in [3.63, 3.8) is 0 Å². The number of phosphoric ester groups is 1. The molecule has 0 spiro atoms. The standard InChI is InChI=1S/C38H47N6O18P3S/c1-3-42(4-2)30-14-11-26-21-27(37(46)60-33(26)22-30)12-13-29-15-17-32(66(55,56)57)24-43(29)20-7-5-6-10-34(45)40-19-8-9-28-23-44(38(47)41-36(28)39)35-18-16-31(59-35)25-58-64(51,52)62-65(53,54)61-63(48,49)50/h11-15,17,21-24,31,35H,3-7,10,16,18-20,25H2,1-2H3,(H7-,39,40,41,45,47,48,49,50,51,52,53,54,55,56,57)/t31-,35+/m0/s1. The van der Waals surface area contributed by atoms with E-state index in [0.717, 1.165) is 23.3 Å². The largest absolute Gasteiger partial charge is 0.744 e. The van der Waals surface area contributed by atoms with Crippen molar-refractivity contribution in [3.05, 3.63) is 86.5 Å². The molecule has 4 atom stereocenters. The van der Waals surface area contributed by atoms with Gasteiger partial charge in [-0.25, -0.2) is 31.7 Å². The van der Waals surface area contributed by atoms with Crippen molar-refractivity contribution >= 4 is 74.1 Å². The molecule has 0 radical (unpaired) electrons. The third-order valence-corrected chi connectivity index (χ3v) is 14.4. The van der Waals surface area contributed by atoms with E-state index in [1.165, 1.54) is 24.5 Å². The molecule has 358 valence electrons. The number of phosphoric acid groups is 3. The summed E-state index contributed by atoms with van der Waals surface area (Å²) in [5.74, 6) is 4.90. The van der Waals surface area contributed by atoms with Crippen LogP contribution in [0.15, 0.2) is 67.7 Å². The highest BCUT2D eigenvalue weighted by Crippen LogP contribution is 2.66. The number of nitrogens with one attached hydrogen (secondary N) is 1. The molecule has 1 amide bonds. The van der Waals surface area contributed by atoms with Gasteiger partial charge in [0, 0.05) is 61.4 Å². The van der Waals surface area contributed by atoms with Crippen molar-refractivity contribution in [3.8, 4) is 11.8 Å². The Morgan fingerprint density at radius 1 is 1.05 bits per heavy atom. The fourth-order valence-corrected chi connectivity index (χ4v) is 10.2. The van der Waals surface area contributed by atoms with Crippen molar-refractivity contribution in [2.45, 2.75) is 76.1 Å². The summed E-state index contributed by atoms with van der Waals surface area (Å²) in [5.41, 5.74) is 6.74. The first kappa shape index (κ1) is 52.1. The number of aromatic nitrogens is 3. The number of carbonyl (C=O) groups excluding carboxylic acids is 1. The van der Waals surface area contributed by atoms with Crippen LogP contribution in [0.4, 0.5) is 11.5 Å². The van der Waals surface area contributed by atoms with Gasteiger partial charge in [0.2, 0.25) is 11.6 Å². The molecule has 0 saturated carbocycles. The highest BCUT2D eigenvalue weighted by molar-refractivity contribution is 7.85. The van der Waals surface area contributed by atoms with Crippen LogP contribution < -0.4 is 31.8 Å². The van der Waals surface area contributed by atoms with Gasteiger partial charge in [0.05, 0.1) is 30.4 Å². The Morgan fingerprint density at radius 2 is 1.79 bits per heavy atom. The topological polar surface area (TPSA) is 354 Å². The Hall–Kier alpha value is -4.89. The van der Waals surface area contributed by atoms with Gasteiger partial charge in [0.15, 0.2) is 6.20 Å². The zero-order valence-electron chi connectivity index (χ0n) is 35.3. The van der Waals surface area contributed by atoms with Gasteiger partial charge in [-0.1, -0.05) is 11.8 Å². The molecule has 2 unspecified atom stereocenters. The molecular weight excluding hydrogens is 953 g/mol. The van der Waals surface area contributed by atoms with Gasteiger partial charge >= 0.3 is 34.8 Å². The lowest BCUT2D eigenvalue weighted by atomic mass is 10.1. The Labute approximate surface area is 377 Å². The number of ether oxygens (including phenoxy) is 1. The molecule has 3 aromatic heterocycles. The third-order valence-electron chi connectivity index (χ3n) is 9.75. The van der Waals surface area contributed by atoms with Crippen LogP contribution in [0.25, 0.3) is 23.1 Å². The van der Waals surface area contributed by atoms with Gasteiger partial charge < -0.3 is 49.2 Å². The molecule has 0 bridgehead atoms. The predicted octanol–water partition coefficient (Wildman–Crippen LogP) is 2.89. The van der Waals surface area contributed by atoms with Gasteiger partial charge in [0.25, 0.3) is 0 Å². The SMILES string of the molecule is CCN(CC)c1ccc2cc(/C=C/c3ccc(S(=O)(=O)[O-])c[n+]3CCCCCC(=O)NCC#Cc3cn([C@H]4CC[C@@H](COP(=O)(O)OP(=O)(O)OP(=O)(O)O)O4)c(=O)nc3N)c(=O)oc2c1. The van der Waals surface area contributed by atoms with E-state index in [1.54, 1.807) is 22.8 Å². The van der Waals surface area contributed by atoms with Crippen molar-refractivity contribution in [2.24, 2.45) is 0 Å². The van der Waals surface area contributed by atoms with E-state index < -0.39 is 68.7 Å². The number of anilines is 2. The summed E-state index contributed by atoms with van der Waals surface area (Å²) >= 11 is 0. The van der Waals surface area contributed by atoms with Gasteiger partial charge in [0.1, 0.15) is 39.2 Å². The Morgan fingerprint density at radius 3 is 2.48 bits per heavy atom. The Balaban J connectivity index is 1.11. The second kappa shape index (κ2) is 22.3. The molecule has 1 aromatic carbocycles. The number of rotatable bonds is 21. The van der Waals surface area contributed by atoms with E-state index >= 15 is 0 Å². The first-order valence-corrected chi connectivity index (χ1v) is 26.0. The van der Waals surface area contributed by atoms with E-state index in [4.69, 9.17) is 24.7 Å². The van der Waals surface area contributed by atoms with Gasteiger partial charge in [-0.3, -0.25) is 13.9 Å². The van der Waals surface area contributed by atoms with Crippen molar-refractivity contribution in [2.75, 3.05) is 36.9 Å². The van der Waals surface area contributed by atoms with Crippen LogP contribution in [-0.2, 0) is 53.0 Å². The number of unbranched alkanes of at least 4 members (excludes halogenated alkanes) is 2. The normalized spacial score (nSPS) is 17.3. The highest BCUT2D eigenvalue weighted by atomic mass is 32.2. The zero-order chi connectivity index (χ0) is 48.5. The summed E-state index contributed by atoms with van der Waals surface area (Å²) in [6, 6.07) is 9.96. The van der Waals surface area contributed by atoms with Crippen LogP contribution in [0.3, 0.4) is 0 Å². The van der Waals surface area contributed by atoms with Gasteiger partial charge in [-0.05, 0) is 69.9 Å². The van der Waals surface area contributed by atoms with Crippen LogP contribution in [0.2, 0.25) is 0 Å². The van der Waals surface area contributed by atoms with Gasteiger partial charge in [-0.2, -0.15) is 18.2 Å². The smallest absolute Gasteiger partial charge is 0.490 e. The number of pyridine rings is 1. The Bertz CT molecular complexity index is 2910. The number of hydrogen-bond donors (Lipinski definition) is 6. The van der Waals surface area contributed by atoms with E-state index in [9.17, 15) is 50.8 Å². The summed E-state index contributed by atoms with van der Waals surface area (Å²) < 4.78 is 95.7. The average molecular weight is 1000 g/mol. The molecule has 0 aliphatic carbocycles. The fraction of sp³-hybridized carbons (Fsp3) is 0.395. The summed E-state index contributed by atoms with van der Waals surface area (Å²) in [5, 5.41) is 3.36. The number of benzene rings is 1. The lowest BCUT2D eigenvalue weighted by Crippen LogP contribution is -2.37. The molecule has 28 heteroatoms. The highest BCUT2D eigenvalue weighted by Gasteiger charge is 2.41. The van der Waals surface area contributed by atoms with Gasteiger partial charge in [-0.15, -0.1) is 0 Å². The average Bonchev–Trinajstić information content (AvgIpc) is 3.69. The number of hydrogen-bond acceptors (Lipinski definition) is 17. The minimum Gasteiger partial charge on any atom is -0.744 e. The maximum Gasteiger partial charge on any atom is 0.490 e. The second-order valence-electron chi connectivity index (χ2n) is 14.4. The van der Waals surface area contributed by atoms with Crippen molar-refractivity contribution in [1.82, 2.24) is 14.9 Å². The molecule has 4 heterocycles. The predicted molar refractivity (Wildman–Crippen MR) is 234 cm³/mol. The van der Waals surface area contributed by atoms with E-state index in [2.05, 4.69) is 40.2 Å². The fourth-order valence-electron chi connectivity index (χ4n) is 6.61. The minimum absolute atomic E-state index is 0.102. The van der Waals surface area contributed by atoms with Crippen LogP contribution in [0.5, 0.6) is 0 Å². The lowest BCUT2D eigenvalue weighted by Gasteiger charge is -2.20. The van der Waals surface area contributed by atoms with Crippen LogP contribution >= 0.6 is 23.5 Å². The molecule has 7 N–H and O–H groups in total. The number of nitrogens with two attached hydrogens (primary N) is 1. The van der Waals surface area contributed by atoms with Crippen molar-refractivity contribution in [1.29, 1.82) is 0 Å². The summed E-state index contributed by atoms with van der Waals surface area (Å²) in [6.45, 7) is 5.10. The van der Waals surface area contributed by atoms with E-state index in [0.29, 0.717) is 35.9 Å². The second-order valence-corrected chi connectivity index (χ2v) is 20.2.